The number of sulfonamides is 1. The topological polar surface area (TPSA) is 86.8 Å². The molecule has 3 aromatic rings. The first kappa shape index (κ1) is 30.5. The monoisotopic (exact) mass is 589 g/mol. The van der Waals surface area contributed by atoms with Crippen molar-refractivity contribution in [3.8, 4) is 0 Å². The summed E-state index contributed by atoms with van der Waals surface area (Å²) in [6.07, 6.45) is 0.310. The highest BCUT2D eigenvalue weighted by Gasteiger charge is 2.34. The van der Waals surface area contributed by atoms with Crippen molar-refractivity contribution >= 4 is 50.7 Å². The van der Waals surface area contributed by atoms with Crippen molar-refractivity contribution < 1.29 is 18.0 Å². The highest BCUT2D eigenvalue weighted by Crippen LogP contribution is 2.29. The van der Waals surface area contributed by atoms with Gasteiger partial charge in [-0.1, -0.05) is 66.0 Å². The molecule has 0 aromatic heterocycles. The van der Waals surface area contributed by atoms with Crippen LogP contribution in [-0.4, -0.2) is 44.8 Å². The average Bonchev–Trinajstić information content (AvgIpc) is 2.89. The van der Waals surface area contributed by atoms with Crippen molar-refractivity contribution in [2.24, 2.45) is 0 Å². The molecule has 39 heavy (non-hydrogen) atoms. The molecular weight excluding hydrogens is 557 g/mol. The average molecular weight is 591 g/mol. The van der Waals surface area contributed by atoms with Crippen LogP contribution in [0.25, 0.3) is 0 Å². The summed E-state index contributed by atoms with van der Waals surface area (Å²) in [5.74, 6) is -0.913. The molecular formula is C29H33Cl2N3O4S. The number of rotatable bonds is 10. The number of hydrogen-bond donors (Lipinski definition) is 1. The molecule has 7 nitrogen and oxygen atoms in total. The summed E-state index contributed by atoms with van der Waals surface area (Å²) in [6, 6.07) is 16.0. The first-order valence-electron chi connectivity index (χ1n) is 12.5. The van der Waals surface area contributed by atoms with Crippen LogP contribution in [-0.2, 0) is 26.2 Å². The van der Waals surface area contributed by atoms with Gasteiger partial charge in [0.15, 0.2) is 0 Å². The molecule has 1 N–H and O–H groups in total. The molecule has 0 aliphatic heterocycles. The maximum Gasteiger partial charge on any atom is 0.264 e. The second-order valence-corrected chi connectivity index (χ2v) is 12.1. The predicted octanol–water partition coefficient (Wildman–Crippen LogP) is 5.67. The number of hydrogen-bond acceptors (Lipinski definition) is 4. The van der Waals surface area contributed by atoms with Crippen LogP contribution in [0.4, 0.5) is 5.69 Å². The predicted molar refractivity (Wildman–Crippen MR) is 157 cm³/mol. The molecule has 3 rings (SSSR count). The van der Waals surface area contributed by atoms with Gasteiger partial charge in [-0.3, -0.25) is 13.9 Å². The van der Waals surface area contributed by atoms with E-state index in [-0.39, 0.29) is 17.3 Å². The molecule has 0 radical (unpaired) electrons. The van der Waals surface area contributed by atoms with E-state index in [2.05, 4.69) is 5.32 Å². The van der Waals surface area contributed by atoms with Crippen LogP contribution < -0.4 is 9.62 Å². The van der Waals surface area contributed by atoms with Gasteiger partial charge in [-0.2, -0.15) is 0 Å². The van der Waals surface area contributed by atoms with Gasteiger partial charge in [0.1, 0.15) is 12.6 Å². The minimum atomic E-state index is -4.14. The van der Waals surface area contributed by atoms with Crippen molar-refractivity contribution in [2.45, 2.75) is 51.6 Å². The van der Waals surface area contributed by atoms with E-state index in [1.807, 2.05) is 26.0 Å². The van der Waals surface area contributed by atoms with Gasteiger partial charge < -0.3 is 10.2 Å². The Labute approximate surface area is 240 Å². The van der Waals surface area contributed by atoms with Crippen molar-refractivity contribution in [3.05, 3.63) is 93.0 Å². The van der Waals surface area contributed by atoms with Gasteiger partial charge >= 0.3 is 0 Å². The fourth-order valence-corrected chi connectivity index (χ4v) is 6.20. The first-order chi connectivity index (χ1) is 18.4. The summed E-state index contributed by atoms with van der Waals surface area (Å²) >= 11 is 12.5. The molecule has 10 heteroatoms. The zero-order valence-corrected chi connectivity index (χ0v) is 25.0. The Morgan fingerprint density at radius 3 is 2.15 bits per heavy atom. The van der Waals surface area contributed by atoms with Crippen LogP contribution in [0, 0.1) is 20.8 Å². The molecule has 208 valence electrons. The summed E-state index contributed by atoms with van der Waals surface area (Å²) in [4.78, 5) is 28.3. The number of halogens is 2. The van der Waals surface area contributed by atoms with Crippen LogP contribution in [0.5, 0.6) is 0 Å². The van der Waals surface area contributed by atoms with E-state index in [1.165, 1.54) is 24.1 Å². The Bertz CT molecular complexity index is 1460. The van der Waals surface area contributed by atoms with Crippen LogP contribution in [0.2, 0.25) is 10.0 Å². The lowest BCUT2D eigenvalue weighted by atomic mass is 10.1. The maximum atomic E-state index is 14.0. The molecule has 2 amide bonds. The maximum absolute atomic E-state index is 14.0. The lowest BCUT2D eigenvalue weighted by Gasteiger charge is -2.33. The van der Waals surface area contributed by atoms with Gasteiger partial charge in [-0.15, -0.1) is 0 Å². The molecule has 0 saturated carbocycles. The fourth-order valence-electron chi connectivity index (χ4n) is 4.26. The minimum absolute atomic E-state index is 0.00796. The lowest BCUT2D eigenvalue weighted by Crippen LogP contribution is -2.51. The smallest absolute Gasteiger partial charge is 0.264 e. The van der Waals surface area contributed by atoms with Crippen LogP contribution in [0.15, 0.2) is 65.6 Å². The fraction of sp³-hybridized carbons (Fsp3) is 0.310. The number of aryl methyl sites for hydroxylation is 3. The second-order valence-electron chi connectivity index (χ2n) is 9.41. The SMILES string of the molecule is CC[C@H](C(=O)NC)N(Cc1ccc(Cl)cc1Cl)C(=O)CN(c1cc(C)ccc1C)S(=O)(=O)c1ccc(C)cc1. The number of nitrogens with one attached hydrogen (secondary N) is 1. The van der Waals surface area contributed by atoms with Crippen molar-refractivity contribution in [2.75, 3.05) is 17.9 Å². The van der Waals surface area contributed by atoms with Crippen molar-refractivity contribution in [1.82, 2.24) is 10.2 Å². The first-order valence-corrected chi connectivity index (χ1v) is 14.7. The third-order valence-corrected chi connectivity index (χ3v) is 8.87. The van der Waals surface area contributed by atoms with E-state index < -0.39 is 28.5 Å². The van der Waals surface area contributed by atoms with E-state index in [1.54, 1.807) is 50.2 Å². The summed E-state index contributed by atoms with van der Waals surface area (Å²) in [5, 5.41) is 3.38. The number of nitrogens with zero attached hydrogens (tertiary/aromatic N) is 2. The molecule has 0 aliphatic carbocycles. The Morgan fingerprint density at radius 2 is 1.56 bits per heavy atom. The summed E-state index contributed by atoms with van der Waals surface area (Å²) in [5.41, 5.74) is 3.41. The van der Waals surface area contributed by atoms with Crippen LogP contribution >= 0.6 is 23.2 Å². The van der Waals surface area contributed by atoms with E-state index in [0.29, 0.717) is 33.3 Å². The standard InChI is InChI=1S/C29H33Cl2N3O4S/c1-6-26(29(36)32-5)33(17-22-11-12-23(30)16-25(22)31)28(35)18-34(27-15-20(3)7-10-21(27)4)39(37,38)24-13-8-19(2)9-14-24/h7-16,26H,6,17-18H2,1-5H3,(H,32,36)/t26-/m1/s1. The molecule has 0 saturated heterocycles. The molecule has 3 aromatic carbocycles. The molecule has 0 spiro atoms. The third-order valence-electron chi connectivity index (χ3n) is 6.51. The van der Waals surface area contributed by atoms with E-state index in [4.69, 9.17) is 23.2 Å². The Hall–Kier alpha value is -3.07. The van der Waals surface area contributed by atoms with E-state index >= 15 is 0 Å². The number of carbonyl (C=O) groups excluding carboxylic acids is 2. The highest BCUT2D eigenvalue weighted by molar-refractivity contribution is 7.92. The lowest BCUT2D eigenvalue weighted by molar-refractivity contribution is -0.140. The van der Waals surface area contributed by atoms with Gasteiger partial charge in [0, 0.05) is 23.6 Å². The van der Waals surface area contributed by atoms with Gasteiger partial charge in [0.25, 0.3) is 10.0 Å². The molecule has 0 heterocycles. The van der Waals surface area contributed by atoms with Gasteiger partial charge in [-0.25, -0.2) is 8.42 Å². The van der Waals surface area contributed by atoms with Gasteiger partial charge in [0.2, 0.25) is 11.8 Å². The second kappa shape index (κ2) is 12.9. The summed E-state index contributed by atoms with van der Waals surface area (Å²) in [6.45, 7) is 6.78. The number of anilines is 1. The third kappa shape index (κ3) is 7.12. The number of carbonyl (C=O) groups is 2. The largest absolute Gasteiger partial charge is 0.357 e. The number of benzene rings is 3. The Kier molecular flexibility index (Phi) is 10.0. The molecule has 0 fully saturated rings. The van der Waals surface area contributed by atoms with Crippen LogP contribution in [0.3, 0.4) is 0 Å². The quantitative estimate of drug-likeness (QED) is 0.330. The summed E-state index contributed by atoms with van der Waals surface area (Å²) < 4.78 is 29.1. The number of likely N-dealkylation sites (N-methyl/N-ethyl adjacent to an activating group) is 1. The van der Waals surface area contributed by atoms with E-state index in [0.717, 1.165) is 15.4 Å². The van der Waals surface area contributed by atoms with Gasteiger partial charge in [0.05, 0.1) is 10.6 Å². The molecule has 0 bridgehead atoms. The highest BCUT2D eigenvalue weighted by atomic mass is 35.5. The van der Waals surface area contributed by atoms with Crippen molar-refractivity contribution in [1.29, 1.82) is 0 Å². The number of amides is 2. The molecule has 0 aliphatic rings. The van der Waals surface area contributed by atoms with Crippen LogP contribution in [0.1, 0.15) is 35.6 Å². The van der Waals surface area contributed by atoms with Crippen molar-refractivity contribution in [3.63, 3.8) is 0 Å². The Morgan fingerprint density at radius 1 is 0.923 bits per heavy atom. The van der Waals surface area contributed by atoms with Gasteiger partial charge in [-0.05, 0) is 74.2 Å². The molecule has 1 atom stereocenters. The van der Waals surface area contributed by atoms with E-state index in [9.17, 15) is 18.0 Å². The zero-order chi connectivity index (χ0) is 28.9. The molecule has 0 unspecified atom stereocenters. The normalized spacial score (nSPS) is 12.1. The Balaban J connectivity index is 2.12. The minimum Gasteiger partial charge on any atom is -0.357 e. The zero-order valence-electron chi connectivity index (χ0n) is 22.7. The summed E-state index contributed by atoms with van der Waals surface area (Å²) in [7, 11) is -2.65.